The summed E-state index contributed by atoms with van der Waals surface area (Å²) in [6.07, 6.45) is 3.65. The summed E-state index contributed by atoms with van der Waals surface area (Å²) in [5.74, 6) is -0.00703. The van der Waals surface area contributed by atoms with Gasteiger partial charge in [0.05, 0.1) is 24.3 Å². The molecule has 0 radical (unpaired) electrons. The van der Waals surface area contributed by atoms with Gasteiger partial charge in [-0.15, -0.1) is 0 Å². The summed E-state index contributed by atoms with van der Waals surface area (Å²) < 4.78 is 25.1. The molecule has 0 aliphatic heterocycles. The van der Waals surface area contributed by atoms with Crippen LogP contribution in [0.4, 0.5) is 4.39 Å². The molecule has 7 heteroatoms. The predicted molar refractivity (Wildman–Crippen MR) is 77.9 cm³/mol. The number of hydrogen-bond acceptors (Lipinski definition) is 5. The number of ether oxygens (including phenoxy) is 1. The molecule has 1 unspecified atom stereocenters. The van der Waals surface area contributed by atoms with Gasteiger partial charge in [0.25, 0.3) is 5.89 Å². The SMILES string of the molecule is NC(COC1CCC1)c1noc(-c2c(F)cccc2Br)n1. The van der Waals surface area contributed by atoms with Gasteiger partial charge in [-0.05, 0) is 47.3 Å². The summed E-state index contributed by atoms with van der Waals surface area (Å²) in [6, 6.07) is 4.16. The van der Waals surface area contributed by atoms with Gasteiger partial charge in [0.1, 0.15) is 5.82 Å². The average molecular weight is 356 g/mol. The van der Waals surface area contributed by atoms with Gasteiger partial charge in [0, 0.05) is 4.47 Å². The maximum absolute atomic E-state index is 13.8. The molecule has 21 heavy (non-hydrogen) atoms. The van der Waals surface area contributed by atoms with Crippen LogP contribution in [0.2, 0.25) is 0 Å². The van der Waals surface area contributed by atoms with Crippen molar-refractivity contribution in [1.82, 2.24) is 10.1 Å². The highest BCUT2D eigenvalue weighted by Gasteiger charge is 2.23. The Bertz CT molecular complexity index is 610. The zero-order valence-corrected chi connectivity index (χ0v) is 12.8. The van der Waals surface area contributed by atoms with Crippen LogP contribution in [0, 0.1) is 5.82 Å². The Morgan fingerprint density at radius 2 is 2.29 bits per heavy atom. The molecule has 2 N–H and O–H groups in total. The Labute approximate surface area is 129 Å². The zero-order valence-electron chi connectivity index (χ0n) is 11.3. The van der Waals surface area contributed by atoms with Crippen LogP contribution in [-0.4, -0.2) is 22.9 Å². The van der Waals surface area contributed by atoms with Crippen LogP contribution < -0.4 is 5.73 Å². The summed E-state index contributed by atoms with van der Waals surface area (Å²) in [5, 5.41) is 3.82. The number of nitrogens with two attached hydrogens (primary N) is 1. The molecule has 1 aliphatic carbocycles. The van der Waals surface area contributed by atoms with E-state index < -0.39 is 11.9 Å². The second kappa shape index (κ2) is 6.21. The summed E-state index contributed by atoms with van der Waals surface area (Å²) in [6.45, 7) is 0.335. The van der Waals surface area contributed by atoms with Crippen molar-refractivity contribution < 1.29 is 13.7 Å². The minimum Gasteiger partial charge on any atom is -0.376 e. The molecule has 3 rings (SSSR count). The third-order valence-electron chi connectivity index (χ3n) is 3.51. The number of aromatic nitrogens is 2. The van der Waals surface area contributed by atoms with Crippen molar-refractivity contribution in [2.45, 2.75) is 31.4 Å². The first-order chi connectivity index (χ1) is 10.1. The molecule has 1 aliphatic rings. The first-order valence-electron chi connectivity index (χ1n) is 6.80. The van der Waals surface area contributed by atoms with Crippen LogP contribution in [0.15, 0.2) is 27.2 Å². The fourth-order valence-electron chi connectivity index (χ4n) is 2.04. The molecular weight excluding hydrogens is 341 g/mol. The molecule has 5 nitrogen and oxygen atoms in total. The van der Waals surface area contributed by atoms with E-state index in [1.807, 2.05) is 0 Å². The maximum atomic E-state index is 13.8. The van der Waals surface area contributed by atoms with E-state index in [2.05, 4.69) is 26.1 Å². The second-order valence-electron chi connectivity index (χ2n) is 5.05. The lowest BCUT2D eigenvalue weighted by molar-refractivity contribution is -0.00549. The molecule has 2 aromatic rings. The standard InChI is InChI=1S/C14H15BrFN3O2/c15-9-5-2-6-10(16)12(9)14-18-13(19-21-14)11(17)7-20-8-3-1-4-8/h2,5-6,8,11H,1,3-4,7,17H2. The van der Waals surface area contributed by atoms with Gasteiger partial charge < -0.3 is 15.0 Å². The smallest absolute Gasteiger partial charge is 0.262 e. The number of benzene rings is 1. The molecule has 112 valence electrons. The molecular formula is C14H15BrFN3O2. The third kappa shape index (κ3) is 3.14. The topological polar surface area (TPSA) is 74.2 Å². The van der Waals surface area contributed by atoms with Crippen LogP contribution in [0.5, 0.6) is 0 Å². The van der Waals surface area contributed by atoms with Crippen molar-refractivity contribution >= 4 is 15.9 Å². The highest BCUT2D eigenvalue weighted by atomic mass is 79.9. The molecule has 1 saturated carbocycles. The monoisotopic (exact) mass is 355 g/mol. The molecule has 1 heterocycles. The Morgan fingerprint density at radius 1 is 1.48 bits per heavy atom. The average Bonchev–Trinajstić information content (AvgIpc) is 2.86. The zero-order chi connectivity index (χ0) is 14.8. The minimum atomic E-state index is -0.478. The van der Waals surface area contributed by atoms with Gasteiger partial charge in [-0.25, -0.2) is 4.39 Å². The van der Waals surface area contributed by atoms with Gasteiger partial charge in [0.2, 0.25) is 0 Å². The Balaban J connectivity index is 1.73. The Morgan fingerprint density at radius 3 is 2.95 bits per heavy atom. The fraction of sp³-hybridized carbons (Fsp3) is 0.429. The predicted octanol–water partition coefficient (Wildman–Crippen LogP) is 3.21. The van der Waals surface area contributed by atoms with Gasteiger partial charge in [-0.3, -0.25) is 0 Å². The van der Waals surface area contributed by atoms with Gasteiger partial charge in [-0.2, -0.15) is 4.98 Å². The van der Waals surface area contributed by atoms with E-state index in [0.717, 1.165) is 12.8 Å². The molecule has 1 aromatic carbocycles. The third-order valence-corrected chi connectivity index (χ3v) is 4.17. The number of hydrogen-bond donors (Lipinski definition) is 1. The van der Waals surface area contributed by atoms with Crippen molar-refractivity contribution in [2.75, 3.05) is 6.61 Å². The highest BCUT2D eigenvalue weighted by molar-refractivity contribution is 9.10. The van der Waals surface area contributed by atoms with Crippen LogP contribution in [0.3, 0.4) is 0 Å². The molecule has 1 fully saturated rings. The summed E-state index contributed by atoms with van der Waals surface area (Å²) in [7, 11) is 0. The van der Waals surface area contributed by atoms with E-state index in [9.17, 15) is 4.39 Å². The van der Waals surface area contributed by atoms with Gasteiger partial charge >= 0.3 is 0 Å². The van der Waals surface area contributed by atoms with Crippen LogP contribution in [0.1, 0.15) is 31.1 Å². The number of rotatable bonds is 5. The summed E-state index contributed by atoms with van der Waals surface area (Å²) in [5.41, 5.74) is 6.21. The summed E-state index contributed by atoms with van der Waals surface area (Å²) in [4.78, 5) is 4.17. The van der Waals surface area contributed by atoms with Crippen LogP contribution in [0.25, 0.3) is 11.5 Å². The Hall–Kier alpha value is -1.31. The lowest BCUT2D eigenvalue weighted by Crippen LogP contribution is -2.27. The lowest BCUT2D eigenvalue weighted by Gasteiger charge is -2.26. The van der Waals surface area contributed by atoms with E-state index in [0.29, 0.717) is 23.0 Å². The number of halogens is 2. The van der Waals surface area contributed by atoms with Crippen molar-refractivity contribution in [3.63, 3.8) is 0 Å². The van der Waals surface area contributed by atoms with Gasteiger partial charge in [0.15, 0.2) is 5.82 Å². The molecule has 0 spiro atoms. The lowest BCUT2D eigenvalue weighted by atomic mass is 9.96. The van der Waals surface area contributed by atoms with E-state index in [4.69, 9.17) is 15.0 Å². The molecule has 1 aromatic heterocycles. The quantitative estimate of drug-likeness (QED) is 0.891. The van der Waals surface area contributed by atoms with Crippen molar-refractivity contribution in [3.05, 3.63) is 34.3 Å². The van der Waals surface area contributed by atoms with E-state index >= 15 is 0 Å². The molecule has 0 amide bonds. The molecule has 1 atom stereocenters. The maximum Gasteiger partial charge on any atom is 0.262 e. The number of nitrogens with zero attached hydrogens (tertiary/aromatic N) is 2. The molecule has 0 saturated heterocycles. The van der Waals surface area contributed by atoms with E-state index in [1.54, 1.807) is 12.1 Å². The van der Waals surface area contributed by atoms with E-state index in [1.165, 1.54) is 12.5 Å². The van der Waals surface area contributed by atoms with Crippen molar-refractivity contribution in [1.29, 1.82) is 0 Å². The first kappa shape index (κ1) is 14.6. The van der Waals surface area contributed by atoms with Crippen LogP contribution >= 0.6 is 15.9 Å². The first-order valence-corrected chi connectivity index (χ1v) is 7.59. The Kier molecular flexibility index (Phi) is 4.32. The highest BCUT2D eigenvalue weighted by Crippen LogP contribution is 2.30. The minimum absolute atomic E-state index is 0.106. The normalized spacial score (nSPS) is 16.7. The van der Waals surface area contributed by atoms with Gasteiger partial charge in [-0.1, -0.05) is 11.2 Å². The van der Waals surface area contributed by atoms with Crippen molar-refractivity contribution in [2.24, 2.45) is 5.73 Å². The largest absolute Gasteiger partial charge is 0.376 e. The summed E-state index contributed by atoms with van der Waals surface area (Å²) >= 11 is 3.27. The van der Waals surface area contributed by atoms with Crippen molar-refractivity contribution in [3.8, 4) is 11.5 Å². The van der Waals surface area contributed by atoms with E-state index in [-0.39, 0.29) is 11.5 Å². The second-order valence-corrected chi connectivity index (χ2v) is 5.90. The fourth-order valence-corrected chi connectivity index (χ4v) is 2.55. The van der Waals surface area contributed by atoms with Crippen LogP contribution in [-0.2, 0) is 4.74 Å². The molecule has 0 bridgehead atoms.